The molecule has 4 rings (SSSR count). The van der Waals surface area contributed by atoms with Crippen molar-refractivity contribution in [2.24, 2.45) is 10.8 Å². The Morgan fingerprint density at radius 1 is 0.607 bits per heavy atom. The van der Waals surface area contributed by atoms with Crippen LogP contribution in [0.5, 0.6) is 0 Å². The topological polar surface area (TPSA) is 0 Å². The molecule has 1 aliphatic carbocycles. The van der Waals surface area contributed by atoms with Gasteiger partial charge in [0.1, 0.15) is 23.2 Å². The predicted octanol–water partition coefficient (Wildman–Crippen LogP) is 6.20. The Bertz CT molecular complexity index is 802. The highest BCUT2D eigenvalue weighted by atomic mass is 31.2. The molecule has 0 nitrogen and oxygen atoms in total. The largest absolute Gasteiger partial charge is 0.112 e. The second kappa shape index (κ2) is 7.49. The van der Waals surface area contributed by atoms with Crippen molar-refractivity contribution in [3.8, 4) is 0 Å². The molecule has 28 heavy (non-hydrogen) atoms. The van der Waals surface area contributed by atoms with E-state index in [1.807, 2.05) is 0 Å². The second-order valence-corrected chi connectivity index (χ2v) is 13.1. The summed E-state index contributed by atoms with van der Waals surface area (Å²) in [5, 5.41) is 4.54. The maximum Gasteiger partial charge on any atom is 0.112 e. The zero-order valence-corrected chi connectivity index (χ0v) is 18.3. The minimum absolute atomic E-state index is 0.374. The lowest BCUT2D eigenvalue weighted by atomic mass is 9.85. The van der Waals surface area contributed by atoms with Gasteiger partial charge in [-0.15, -0.1) is 0 Å². The summed E-state index contributed by atoms with van der Waals surface area (Å²) < 4.78 is 0. The third-order valence-corrected chi connectivity index (χ3v) is 11.3. The first kappa shape index (κ1) is 19.4. The van der Waals surface area contributed by atoms with E-state index in [0.717, 1.165) is 0 Å². The third kappa shape index (κ3) is 3.68. The molecule has 0 aromatic heterocycles. The lowest BCUT2D eigenvalue weighted by molar-refractivity contribution is 0.308. The Kier molecular flexibility index (Phi) is 5.19. The van der Waals surface area contributed by atoms with Gasteiger partial charge in [0, 0.05) is 5.41 Å². The van der Waals surface area contributed by atoms with E-state index in [1.165, 1.54) is 41.3 Å². The van der Waals surface area contributed by atoms with E-state index in [1.54, 1.807) is 0 Å². The van der Waals surface area contributed by atoms with Crippen LogP contribution in [0.2, 0.25) is 0 Å². The normalized spacial score (nSPS) is 21.5. The average molecular weight is 388 g/mol. The minimum Gasteiger partial charge on any atom is -0.0620 e. The van der Waals surface area contributed by atoms with Crippen molar-refractivity contribution in [3.05, 3.63) is 91.0 Å². The molecule has 1 heteroatoms. The van der Waals surface area contributed by atoms with Crippen LogP contribution in [-0.4, -0.2) is 6.16 Å². The van der Waals surface area contributed by atoms with Crippen LogP contribution < -0.4 is 15.9 Å². The predicted molar refractivity (Wildman–Crippen MR) is 126 cm³/mol. The molecule has 0 spiro atoms. The smallest absolute Gasteiger partial charge is 0.0620 e. The molecule has 3 aromatic rings. The van der Waals surface area contributed by atoms with Gasteiger partial charge in [0.05, 0.1) is 6.16 Å². The van der Waals surface area contributed by atoms with E-state index >= 15 is 0 Å². The summed E-state index contributed by atoms with van der Waals surface area (Å²) in [6.07, 6.45) is 5.23. The standard InChI is InChI=1S/C27H32P/c1-26(2)19-20-27(3,21-26)22-28(23-13-7-4-8-14-23,24-15-9-5-10-16-24)25-17-11-6-12-18-25/h4-18H,19-22H2,1-3H3/q+1. The lowest BCUT2D eigenvalue weighted by Crippen LogP contribution is -2.38. The number of hydrogen-bond donors (Lipinski definition) is 0. The summed E-state index contributed by atoms with van der Waals surface area (Å²) in [7, 11) is -1.72. The van der Waals surface area contributed by atoms with Gasteiger partial charge in [-0.3, -0.25) is 0 Å². The number of rotatable bonds is 5. The molecule has 0 N–H and O–H groups in total. The molecule has 1 aliphatic rings. The fourth-order valence-electron chi connectivity index (χ4n) is 5.45. The summed E-state index contributed by atoms with van der Waals surface area (Å²) in [6.45, 7) is 7.45. The Hall–Kier alpha value is -1.91. The van der Waals surface area contributed by atoms with E-state index < -0.39 is 7.26 Å². The van der Waals surface area contributed by atoms with Gasteiger partial charge in [-0.2, -0.15) is 0 Å². The van der Waals surface area contributed by atoms with E-state index in [-0.39, 0.29) is 0 Å². The van der Waals surface area contributed by atoms with E-state index in [4.69, 9.17) is 0 Å². The first-order chi connectivity index (χ1) is 13.4. The average Bonchev–Trinajstić information content (AvgIpc) is 3.01. The van der Waals surface area contributed by atoms with Crippen LogP contribution >= 0.6 is 7.26 Å². The van der Waals surface area contributed by atoms with Crippen molar-refractivity contribution in [1.29, 1.82) is 0 Å². The van der Waals surface area contributed by atoms with Crippen LogP contribution in [0, 0.1) is 10.8 Å². The molecule has 0 aliphatic heterocycles. The number of benzene rings is 3. The van der Waals surface area contributed by atoms with E-state index in [9.17, 15) is 0 Å². The summed E-state index contributed by atoms with van der Waals surface area (Å²) >= 11 is 0. The first-order valence-electron chi connectivity index (χ1n) is 10.5. The van der Waals surface area contributed by atoms with Crippen LogP contribution in [0.25, 0.3) is 0 Å². The molecule has 3 aromatic carbocycles. The molecule has 0 saturated heterocycles. The molecule has 1 saturated carbocycles. The monoisotopic (exact) mass is 387 g/mol. The summed E-state index contributed by atoms with van der Waals surface area (Å²) in [6, 6.07) is 34.0. The molecular formula is C27H32P+. The third-order valence-electron chi connectivity index (χ3n) is 6.52. The molecule has 144 valence electrons. The molecule has 0 radical (unpaired) electrons. The van der Waals surface area contributed by atoms with Crippen molar-refractivity contribution < 1.29 is 0 Å². The van der Waals surface area contributed by atoms with Crippen molar-refractivity contribution in [2.45, 2.75) is 40.0 Å². The Labute approximate surface area is 171 Å². The highest BCUT2D eigenvalue weighted by Crippen LogP contribution is 2.63. The van der Waals surface area contributed by atoms with Crippen LogP contribution in [0.15, 0.2) is 91.0 Å². The zero-order valence-electron chi connectivity index (χ0n) is 17.4. The van der Waals surface area contributed by atoms with E-state index in [2.05, 4.69) is 112 Å². The fraction of sp³-hybridized carbons (Fsp3) is 0.333. The molecule has 1 unspecified atom stereocenters. The highest BCUT2D eigenvalue weighted by molar-refractivity contribution is 7.95. The van der Waals surface area contributed by atoms with Gasteiger partial charge in [0.15, 0.2) is 0 Å². The summed E-state index contributed by atoms with van der Waals surface area (Å²) in [4.78, 5) is 0. The van der Waals surface area contributed by atoms with Gasteiger partial charge in [-0.25, -0.2) is 0 Å². The van der Waals surface area contributed by atoms with Crippen LogP contribution in [0.3, 0.4) is 0 Å². The molecular weight excluding hydrogens is 355 g/mol. The molecule has 1 atom stereocenters. The van der Waals surface area contributed by atoms with Gasteiger partial charge in [0.2, 0.25) is 0 Å². The molecule has 1 fully saturated rings. The SMILES string of the molecule is CC1(C)CCC(C)(C[P+](c2ccccc2)(c2ccccc2)c2ccccc2)C1. The Balaban J connectivity index is 1.94. The molecule has 0 heterocycles. The van der Waals surface area contributed by atoms with Gasteiger partial charge < -0.3 is 0 Å². The van der Waals surface area contributed by atoms with Crippen LogP contribution in [0.4, 0.5) is 0 Å². The van der Waals surface area contributed by atoms with Gasteiger partial charge in [0.25, 0.3) is 0 Å². The van der Waals surface area contributed by atoms with Gasteiger partial charge >= 0.3 is 0 Å². The number of hydrogen-bond acceptors (Lipinski definition) is 0. The first-order valence-corrected chi connectivity index (χ1v) is 12.5. The quantitative estimate of drug-likeness (QED) is 0.458. The van der Waals surface area contributed by atoms with Crippen molar-refractivity contribution in [2.75, 3.05) is 6.16 Å². The minimum atomic E-state index is -1.72. The van der Waals surface area contributed by atoms with Crippen molar-refractivity contribution in [3.63, 3.8) is 0 Å². The molecule has 0 amide bonds. The Morgan fingerprint density at radius 2 is 1.00 bits per heavy atom. The zero-order chi connectivity index (χ0) is 19.7. The fourth-order valence-corrected chi connectivity index (χ4v) is 10.3. The van der Waals surface area contributed by atoms with Crippen LogP contribution in [0.1, 0.15) is 40.0 Å². The summed E-state index contributed by atoms with van der Waals surface area (Å²) in [5.41, 5.74) is 0.827. The van der Waals surface area contributed by atoms with Crippen LogP contribution in [-0.2, 0) is 0 Å². The van der Waals surface area contributed by atoms with Gasteiger partial charge in [-0.1, -0.05) is 75.4 Å². The van der Waals surface area contributed by atoms with E-state index in [0.29, 0.717) is 10.8 Å². The second-order valence-electron chi connectivity index (χ2n) is 9.63. The maximum absolute atomic E-state index is 2.55. The highest BCUT2D eigenvalue weighted by Gasteiger charge is 2.53. The maximum atomic E-state index is 2.55. The molecule has 0 bridgehead atoms. The van der Waals surface area contributed by atoms with Crippen molar-refractivity contribution >= 4 is 23.2 Å². The van der Waals surface area contributed by atoms with Crippen molar-refractivity contribution in [1.82, 2.24) is 0 Å². The Morgan fingerprint density at radius 3 is 1.32 bits per heavy atom. The summed E-state index contributed by atoms with van der Waals surface area (Å²) in [5.74, 6) is 0. The lowest BCUT2D eigenvalue weighted by Gasteiger charge is -2.35. The van der Waals surface area contributed by atoms with Gasteiger partial charge in [-0.05, 0) is 61.1 Å².